The lowest BCUT2D eigenvalue weighted by molar-refractivity contribution is -0.135. The molecule has 0 saturated heterocycles. The predicted octanol–water partition coefficient (Wildman–Crippen LogP) is 6.84. The molecule has 1 atom stereocenters. The molecule has 0 saturated carbocycles. The minimum atomic E-state index is -0.562. The van der Waals surface area contributed by atoms with Gasteiger partial charge in [-0.05, 0) is 60.9 Å². The van der Waals surface area contributed by atoms with E-state index in [1.165, 1.54) is 16.2 Å². The number of rotatable bonds is 13. The van der Waals surface area contributed by atoms with E-state index in [9.17, 15) is 4.79 Å². The van der Waals surface area contributed by atoms with Gasteiger partial charge < -0.3 is 14.2 Å². The van der Waals surface area contributed by atoms with Gasteiger partial charge in [-0.2, -0.15) is 0 Å². The van der Waals surface area contributed by atoms with Gasteiger partial charge in [-0.15, -0.1) is 17.9 Å². The van der Waals surface area contributed by atoms with E-state index < -0.39 is 6.29 Å². The first-order valence-corrected chi connectivity index (χ1v) is 15.3. The van der Waals surface area contributed by atoms with Gasteiger partial charge in [-0.1, -0.05) is 91.2 Å². The first-order valence-electron chi connectivity index (χ1n) is 14.5. The molecule has 6 heteroatoms. The number of allylic oxidation sites excluding steroid dienone is 6. The third-order valence-electron chi connectivity index (χ3n) is 7.43. The Balaban J connectivity index is 1.39. The second-order valence-electron chi connectivity index (χ2n) is 10.3. The van der Waals surface area contributed by atoms with Crippen LogP contribution in [0, 0.1) is 0 Å². The molecule has 0 aliphatic heterocycles. The number of hydrogen-bond donors (Lipinski definition) is 0. The van der Waals surface area contributed by atoms with Crippen LogP contribution in [0.15, 0.2) is 114 Å². The largest absolute Gasteiger partial charge is 0.496 e. The molecule has 220 valence electrons. The van der Waals surface area contributed by atoms with E-state index in [2.05, 4.69) is 50.4 Å². The number of hydrogen-bond acceptors (Lipinski definition) is 5. The lowest BCUT2D eigenvalue weighted by Gasteiger charge is -2.17. The lowest BCUT2D eigenvalue weighted by Crippen LogP contribution is -2.37. The summed E-state index contributed by atoms with van der Waals surface area (Å²) in [7, 11) is 1.61. The molecule has 1 unspecified atom stereocenters. The molecule has 4 aromatic rings. The van der Waals surface area contributed by atoms with Crippen molar-refractivity contribution in [3.8, 4) is 0 Å². The van der Waals surface area contributed by atoms with Crippen molar-refractivity contribution < 1.29 is 14.2 Å². The molecule has 1 heterocycles. The fourth-order valence-electron chi connectivity index (χ4n) is 5.13. The Labute approximate surface area is 258 Å². The molecular formula is C37H39BO4S. The second kappa shape index (κ2) is 15.5. The fraction of sp³-hybridized carbons (Fsp3) is 0.216. The SMILES string of the molecule is C=C/C=c1/cc(B(CC=C)/C(C)=C/C=C(\C)OCCOC(OC)c2ccc3c(=O)c4ccccc4sc3c2)cc/c1=C/C. The van der Waals surface area contributed by atoms with Gasteiger partial charge in [-0.25, -0.2) is 0 Å². The van der Waals surface area contributed by atoms with Crippen LogP contribution in [-0.4, -0.2) is 27.0 Å². The van der Waals surface area contributed by atoms with Crippen LogP contribution in [0.25, 0.3) is 32.3 Å². The highest BCUT2D eigenvalue weighted by atomic mass is 32.1. The molecule has 0 fully saturated rings. The van der Waals surface area contributed by atoms with Crippen LogP contribution in [0.5, 0.6) is 0 Å². The smallest absolute Gasteiger partial charge is 0.207 e. The summed E-state index contributed by atoms with van der Waals surface area (Å²) in [5.41, 5.74) is 3.37. The molecule has 0 radical (unpaired) electrons. The first kappa shape index (κ1) is 32.0. The number of methoxy groups -OCH3 is 1. The van der Waals surface area contributed by atoms with Crippen LogP contribution in [-0.2, 0) is 14.2 Å². The van der Waals surface area contributed by atoms with Crippen molar-refractivity contribution in [3.05, 3.63) is 136 Å². The van der Waals surface area contributed by atoms with Gasteiger partial charge in [0.05, 0.1) is 12.4 Å². The molecule has 0 bridgehead atoms. The molecule has 4 nitrogen and oxygen atoms in total. The second-order valence-corrected chi connectivity index (χ2v) is 11.4. The minimum Gasteiger partial charge on any atom is -0.496 e. The van der Waals surface area contributed by atoms with Crippen LogP contribution in [0.2, 0.25) is 6.32 Å². The fourth-order valence-corrected chi connectivity index (χ4v) is 6.25. The maximum atomic E-state index is 12.9. The molecule has 1 aromatic heterocycles. The highest BCUT2D eigenvalue weighted by Crippen LogP contribution is 2.28. The first-order chi connectivity index (χ1) is 20.9. The molecule has 0 spiro atoms. The summed E-state index contributed by atoms with van der Waals surface area (Å²) in [5, 5.41) is 3.80. The van der Waals surface area contributed by atoms with E-state index in [-0.39, 0.29) is 12.1 Å². The van der Waals surface area contributed by atoms with Gasteiger partial charge in [0, 0.05) is 32.8 Å². The summed E-state index contributed by atoms with van der Waals surface area (Å²) in [6, 6.07) is 20.0. The van der Waals surface area contributed by atoms with Crippen LogP contribution in [0.1, 0.15) is 32.6 Å². The monoisotopic (exact) mass is 590 g/mol. The standard InChI is InChI=1S/C37H39BO4S/c1-7-12-29-24-31(19-17-28(29)9-3)38(21-8-2)26(4)15-16-27(5)41-22-23-42-37(40-6)30-18-20-33-35(25-30)43-34-14-11-10-13-32(34)36(33)39/h7-20,24-25,37H,1-2,21-23H2,3-6H3/b26-15+,27-16+,28-9-,29-12-. The third-order valence-corrected chi connectivity index (χ3v) is 8.56. The van der Waals surface area contributed by atoms with Gasteiger partial charge >= 0.3 is 0 Å². The van der Waals surface area contributed by atoms with Crippen LogP contribution < -0.4 is 21.3 Å². The van der Waals surface area contributed by atoms with Gasteiger partial charge in [-0.3, -0.25) is 4.79 Å². The normalized spacial score (nSPS) is 13.9. The topological polar surface area (TPSA) is 44.8 Å². The summed E-state index contributed by atoms with van der Waals surface area (Å²) in [6.45, 7) is 14.9. The van der Waals surface area contributed by atoms with Crippen molar-refractivity contribution in [2.24, 2.45) is 0 Å². The van der Waals surface area contributed by atoms with Crippen molar-refractivity contribution in [1.29, 1.82) is 0 Å². The number of ether oxygens (including phenoxy) is 3. The van der Waals surface area contributed by atoms with Crippen molar-refractivity contribution in [3.63, 3.8) is 0 Å². The van der Waals surface area contributed by atoms with Gasteiger partial charge in [0.25, 0.3) is 0 Å². The van der Waals surface area contributed by atoms with E-state index in [1.807, 2.05) is 80.6 Å². The molecule has 3 aromatic carbocycles. The lowest BCUT2D eigenvalue weighted by atomic mass is 9.38. The maximum absolute atomic E-state index is 12.9. The zero-order valence-electron chi connectivity index (χ0n) is 25.5. The predicted molar refractivity (Wildman–Crippen MR) is 186 cm³/mol. The Kier molecular flexibility index (Phi) is 11.5. The molecule has 4 rings (SSSR count). The molecule has 0 amide bonds. The average Bonchev–Trinajstić information content (AvgIpc) is 3.02. The third kappa shape index (κ3) is 7.91. The van der Waals surface area contributed by atoms with E-state index in [0.29, 0.717) is 18.6 Å². The van der Waals surface area contributed by atoms with Gasteiger partial charge in [0.2, 0.25) is 6.71 Å². The minimum absolute atomic E-state index is 0.0468. The zero-order chi connectivity index (χ0) is 30.8. The van der Waals surface area contributed by atoms with Crippen molar-refractivity contribution in [1.82, 2.24) is 0 Å². The van der Waals surface area contributed by atoms with E-state index in [0.717, 1.165) is 37.6 Å². The zero-order valence-corrected chi connectivity index (χ0v) is 26.3. The van der Waals surface area contributed by atoms with Crippen molar-refractivity contribution in [2.45, 2.75) is 33.4 Å². The number of fused-ring (bicyclic) bond motifs is 2. The Morgan fingerprint density at radius 1 is 0.953 bits per heavy atom. The average molecular weight is 591 g/mol. The highest BCUT2D eigenvalue weighted by Gasteiger charge is 2.17. The van der Waals surface area contributed by atoms with Crippen molar-refractivity contribution >= 4 is 55.8 Å². The molecule has 43 heavy (non-hydrogen) atoms. The summed E-state index contributed by atoms with van der Waals surface area (Å²) in [5.74, 6) is 0.799. The highest BCUT2D eigenvalue weighted by molar-refractivity contribution is 7.24. The van der Waals surface area contributed by atoms with E-state index in [4.69, 9.17) is 14.2 Å². The summed E-state index contributed by atoms with van der Waals surface area (Å²) in [6.07, 6.45) is 12.3. The van der Waals surface area contributed by atoms with E-state index in [1.54, 1.807) is 18.4 Å². The Bertz CT molecular complexity index is 1850. The van der Waals surface area contributed by atoms with E-state index >= 15 is 0 Å². The molecule has 0 aliphatic rings. The van der Waals surface area contributed by atoms with Gasteiger partial charge in [0.15, 0.2) is 11.7 Å². The van der Waals surface area contributed by atoms with Crippen LogP contribution in [0.4, 0.5) is 0 Å². The molecule has 0 N–H and O–H groups in total. The number of benzene rings is 3. The van der Waals surface area contributed by atoms with Crippen molar-refractivity contribution in [2.75, 3.05) is 20.3 Å². The molecule has 0 aliphatic carbocycles. The Morgan fingerprint density at radius 2 is 1.74 bits per heavy atom. The Morgan fingerprint density at radius 3 is 2.49 bits per heavy atom. The maximum Gasteiger partial charge on any atom is 0.207 e. The van der Waals surface area contributed by atoms with Crippen LogP contribution in [0.3, 0.4) is 0 Å². The van der Waals surface area contributed by atoms with Gasteiger partial charge in [0.1, 0.15) is 6.61 Å². The summed E-state index contributed by atoms with van der Waals surface area (Å²) in [4.78, 5) is 12.9. The van der Waals surface area contributed by atoms with Crippen LogP contribution >= 0.6 is 11.3 Å². The summed E-state index contributed by atoms with van der Waals surface area (Å²) < 4.78 is 19.5. The Hall–Kier alpha value is -3.97. The summed E-state index contributed by atoms with van der Waals surface area (Å²) >= 11 is 1.59. The quantitative estimate of drug-likeness (QED) is 0.0326. The molecular weight excluding hydrogens is 551 g/mol.